The zero-order valence-electron chi connectivity index (χ0n) is 12.9. The summed E-state index contributed by atoms with van der Waals surface area (Å²) in [5.41, 5.74) is 0. The summed E-state index contributed by atoms with van der Waals surface area (Å²) in [5.74, 6) is 3.81. The van der Waals surface area contributed by atoms with E-state index in [9.17, 15) is 0 Å². The molecule has 5 atom stereocenters. The molecule has 5 unspecified atom stereocenters. The second-order valence-electron chi connectivity index (χ2n) is 5.06. The number of allylic oxidation sites excluding steroid dienone is 4. The third-order valence-corrected chi connectivity index (χ3v) is 5.74. The zero-order valence-corrected chi connectivity index (χ0v) is 14.4. The van der Waals surface area contributed by atoms with Gasteiger partial charge in [0.2, 0.25) is 0 Å². The van der Waals surface area contributed by atoms with Gasteiger partial charge in [-0.3, -0.25) is 0 Å². The Labute approximate surface area is 135 Å². The predicted molar refractivity (Wildman–Crippen MR) is 78.9 cm³/mol. The predicted octanol–water partition coefficient (Wildman–Crippen LogP) is 2.33. The van der Waals surface area contributed by atoms with Gasteiger partial charge in [-0.05, 0) is 0 Å². The van der Waals surface area contributed by atoms with Gasteiger partial charge in [0.1, 0.15) is 0 Å². The van der Waals surface area contributed by atoms with Crippen molar-refractivity contribution >= 4 is 0 Å². The molecule has 115 valence electrons. The van der Waals surface area contributed by atoms with Gasteiger partial charge in [-0.15, -0.1) is 0 Å². The van der Waals surface area contributed by atoms with Gasteiger partial charge in [0, 0.05) is 21.3 Å². The summed E-state index contributed by atoms with van der Waals surface area (Å²) in [6.45, 7) is 0. The molecule has 3 rings (SSSR count). The van der Waals surface area contributed by atoms with E-state index in [1.165, 1.54) is 25.7 Å². The summed E-state index contributed by atoms with van der Waals surface area (Å²) in [6.07, 6.45) is 15.4. The normalized spacial score (nSPS) is 36.0. The maximum absolute atomic E-state index is 7.00. The number of fused-ring (bicyclic) bond motifs is 3. The van der Waals surface area contributed by atoms with Crippen molar-refractivity contribution in [3.05, 3.63) is 24.3 Å². The number of aliphatic hydroxyl groups is 3. The SMILES string of the molecule is CO.CO.CO.[Ti][CH]1C2C=CC=CC2C2CCCCC12. The molecule has 3 aliphatic rings. The quantitative estimate of drug-likeness (QED) is 0.601. The van der Waals surface area contributed by atoms with Crippen LogP contribution >= 0.6 is 0 Å². The maximum atomic E-state index is 7.00. The van der Waals surface area contributed by atoms with E-state index in [1.54, 1.807) is 0 Å². The Morgan fingerprint density at radius 2 is 1.20 bits per heavy atom. The summed E-state index contributed by atoms with van der Waals surface area (Å²) in [7, 11) is 3.00. The Morgan fingerprint density at radius 1 is 0.750 bits per heavy atom. The summed E-state index contributed by atoms with van der Waals surface area (Å²) in [4.78, 5) is 0. The van der Waals surface area contributed by atoms with Crippen molar-refractivity contribution in [3.63, 3.8) is 0 Å². The Morgan fingerprint density at radius 3 is 1.75 bits per heavy atom. The molecular weight excluding hydrogens is 288 g/mol. The monoisotopic (exact) mass is 317 g/mol. The first-order valence-electron chi connectivity index (χ1n) is 7.28. The Balaban J connectivity index is 0.000000538. The minimum absolute atomic E-state index is 0.869. The minimum atomic E-state index is 0.869. The fourth-order valence-corrected chi connectivity index (χ4v) is 4.99. The molecule has 0 aromatic heterocycles. The number of aliphatic hydroxyl groups excluding tert-OH is 3. The van der Waals surface area contributed by atoms with Gasteiger partial charge in [0.05, 0.1) is 0 Å². The van der Waals surface area contributed by atoms with Crippen LogP contribution in [-0.2, 0) is 20.4 Å². The van der Waals surface area contributed by atoms with Crippen molar-refractivity contribution in [2.75, 3.05) is 21.3 Å². The van der Waals surface area contributed by atoms with Crippen molar-refractivity contribution < 1.29 is 35.8 Å². The first kappa shape index (κ1) is 20.1. The van der Waals surface area contributed by atoms with Crippen LogP contribution in [0.1, 0.15) is 25.7 Å². The molecule has 3 nitrogen and oxygen atoms in total. The summed E-state index contributed by atoms with van der Waals surface area (Å²) >= 11 is 2.48. The van der Waals surface area contributed by atoms with Crippen molar-refractivity contribution in [1.82, 2.24) is 0 Å². The Bertz CT molecular complexity index is 291. The molecule has 2 fully saturated rings. The second kappa shape index (κ2) is 11.7. The summed E-state index contributed by atoms with van der Waals surface area (Å²) < 4.78 is 0.937. The van der Waals surface area contributed by atoms with Crippen molar-refractivity contribution in [2.24, 2.45) is 23.7 Å². The van der Waals surface area contributed by atoms with E-state index in [1.807, 2.05) is 0 Å². The Hall–Kier alpha value is 0.0743. The van der Waals surface area contributed by atoms with E-state index < -0.39 is 0 Å². The fourth-order valence-electron chi connectivity index (χ4n) is 3.83. The van der Waals surface area contributed by atoms with Crippen LogP contribution < -0.4 is 0 Å². The molecule has 0 aliphatic heterocycles. The van der Waals surface area contributed by atoms with Crippen LogP contribution in [0.25, 0.3) is 0 Å². The molecular formula is C16H29O3Ti. The number of rotatable bonds is 0. The average Bonchev–Trinajstić information content (AvgIpc) is 2.87. The van der Waals surface area contributed by atoms with Crippen LogP contribution in [0.15, 0.2) is 24.3 Å². The van der Waals surface area contributed by atoms with E-state index in [-0.39, 0.29) is 0 Å². The molecule has 2 saturated carbocycles. The summed E-state index contributed by atoms with van der Waals surface area (Å²) in [6, 6.07) is 0. The first-order valence-corrected chi connectivity index (χ1v) is 8.18. The molecule has 0 radical (unpaired) electrons. The Kier molecular flexibility index (Phi) is 11.7. The van der Waals surface area contributed by atoms with Crippen molar-refractivity contribution in [2.45, 2.75) is 29.9 Å². The molecule has 0 bridgehead atoms. The van der Waals surface area contributed by atoms with Gasteiger partial charge in [0.15, 0.2) is 0 Å². The molecule has 0 amide bonds. The van der Waals surface area contributed by atoms with Gasteiger partial charge in [-0.1, -0.05) is 0 Å². The zero-order chi connectivity index (χ0) is 15.5. The van der Waals surface area contributed by atoms with E-state index >= 15 is 0 Å². The molecule has 20 heavy (non-hydrogen) atoms. The number of hydrogen-bond acceptors (Lipinski definition) is 3. The van der Waals surface area contributed by atoms with Gasteiger partial charge in [0.25, 0.3) is 0 Å². The van der Waals surface area contributed by atoms with Gasteiger partial charge in [-0.2, -0.15) is 0 Å². The molecule has 0 saturated heterocycles. The van der Waals surface area contributed by atoms with Gasteiger partial charge < -0.3 is 15.3 Å². The third-order valence-electron chi connectivity index (χ3n) is 4.47. The summed E-state index contributed by atoms with van der Waals surface area (Å²) in [5, 5.41) is 21.0. The molecule has 4 heteroatoms. The van der Waals surface area contributed by atoms with Crippen LogP contribution in [0.4, 0.5) is 0 Å². The molecule has 3 aliphatic carbocycles. The molecule has 0 spiro atoms. The second-order valence-corrected chi connectivity index (χ2v) is 6.10. The van der Waals surface area contributed by atoms with E-state index in [4.69, 9.17) is 15.3 Å². The van der Waals surface area contributed by atoms with E-state index in [0.29, 0.717) is 0 Å². The van der Waals surface area contributed by atoms with E-state index in [0.717, 1.165) is 49.2 Å². The van der Waals surface area contributed by atoms with Gasteiger partial charge >= 0.3 is 98.3 Å². The molecule has 3 N–H and O–H groups in total. The first-order chi connectivity index (χ1) is 9.88. The topological polar surface area (TPSA) is 60.7 Å². The average molecular weight is 317 g/mol. The van der Waals surface area contributed by atoms with E-state index in [2.05, 4.69) is 44.7 Å². The molecule has 0 aromatic rings. The van der Waals surface area contributed by atoms with Crippen LogP contribution in [-0.4, -0.2) is 36.6 Å². The van der Waals surface area contributed by atoms with Crippen LogP contribution in [0.3, 0.4) is 0 Å². The van der Waals surface area contributed by atoms with Crippen LogP contribution in [0, 0.1) is 23.7 Å². The molecule has 0 aromatic carbocycles. The van der Waals surface area contributed by atoms with Gasteiger partial charge in [-0.25, -0.2) is 0 Å². The fraction of sp³-hybridized carbons (Fsp3) is 0.750. The van der Waals surface area contributed by atoms with Crippen molar-refractivity contribution in [3.8, 4) is 0 Å². The van der Waals surface area contributed by atoms with Crippen LogP contribution in [0.5, 0.6) is 0 Å². The molecule has 0 heterocycles. The standard InChI is InChI=1S/C13H17.3CH4O.Ti/c1-3-7-12-10(5-1)9-11-6-2-4-8-13(11)12;3*1-2;/h1,3,5,7,9-13H,2,4,6,8H2;3*2H,1H3;. The number of hydrogen-bond donors (Lipinski definition) is 3. The van der Waals surface area contributed by atoms with Crippen molar-refractivity contribution in [1.29, 1.82) is 0 Å². The third kappa shape index (κ3) is 4.54. The van der Waals surface area contributed by atoms with Crippen LogP contribution in [0.2, 0.25) is 4.22 Å².